The first-order valence-electron chi connectivity index (χ1n) is 6.43. The van der Waals surface area contributed by atoms with Gasteiger partial charge in [0, 0.05) is 13.1 Å². The Hall–Kier alpha value is -1.14. The molecule has 6 nitrogen and oxygen atoms in total. The lowest BCUT2D eigenvalue weighted by Crippen LogP contribution is -2.49. The third kappa shape index (κ3) is 3.20. The number of nitrogens with zero attached hydrogens (tertiary/aromatic N) is 1. The summed E-state index contributed by atoms with van der Waals surface area (Å²) in [5.74, 6) is -0.784. The van der Waals surface area contributed by atoms with Crippen LogP contribution in [-0.4, -0.2) is 53.2 Å². The van der Waals surface area contributed by atoms with Gasteiger partial charge < -0.3 is 20.5 Å². The summed E-state index contributed by atoms with van der Waals surface area (Å²) in [4.78, 5) is 24.1. The van der Waals surface area contributed by atoms with Crippen LogP contribution in [0.15, 0.2) is 0 Å². The third-order valence-corrected chi connectivity index (χ3v) is 3.61. The number of aliphatic carboxylic acids is 1. The minimum Gasteiger partial charge on any atom is -0.481 e. The number of rotatable bonds is 5. The van der Waals surface area contributed by atoms with Crippen molar-refractivity contribution >= 4 is 11.9 Å². The summed E-state index contributed by atoms with van der Waals surface area (Å²) in [5, 5.41) is 8.51. The van der Waals surface area contributed by atoms with E-state index in [1.807, 2.05) is 4.90 Å². The van der Waals surface area contributed by atoms with Gasteiger partial charge in [0.1, 0.15) is 0 Å². The fourth-order valence-corrected chi connectivity index (χ4v) is 2.20. The summed E-state index contributed by atoms with van der Waals surface area (Å²) in [5.41, 5.74) is 5.30. The van der Waals surface area contributed by atoms with E-state index < -0.39 is 11.5 Å². The fourth-order valence-electron chi connectivity index (χ4n) is 2.20. The molecule has 0 bridgehead atoms. The van der Waals surface area contributed by atoms with Crippen molar-refractivity contribution in [2.45, 2.75) is 43.7 Å². The van der Waals surface area contributed by atoms with Gasteiger partial charge >= 0.3 is 5.97 Å². The lowest BCUT2D eigenvalue weighted by molar-refractivity contribution is -0.139. The molecule has 0 aromatic rings. The van der Waals surface area contributed by atoms with Crippen molar-refractivity contribution in [3.8, 4) is 0 Å². The maximum absolute atomic E-state index is 12.0. The molecule has 1 aliphatic carbocycles. The van der Waals surface area contributed by atoms with Crippen LogP contribution in [0.5, 0.6) is 0 Å². The second-order valence-corrected chi connectivity index (χ2v) is 5.16. The normalized spacial score (nSPS) is 22.8. The Labute approximate surface area is 106 Å². The number of hydrogen-bond donors (Lipinski definition) is 2. The number of ether oxygens (including phenoxy) is 1. The topological polar surface area (TPSA) is 92.9 Å². The van der Waals surface area contributed by atoms with Crippen LogP contribution < -0.4 is 5.73 Å². The zero-order valence-corrected chi connectivity index (χ0v) is 10.4. The minimum atomic E-state index is -0.846. The second kappa shape index (κ2) is 5.24. The summed E-state index contributed by atoms with van der Waals surface area (Å²) in [7, 11) is 0. The van der Waals surface area contributed by atoms with E-state index in [1.54, 1.807) is 0 Å². The lowest BCUT2D eigenvalue weighted by atomic mass is 10.1. The molecule has 1 saturated carbocycles. The number of carboxylic acid groups (broad SMARTS) is 1. The minimum absolute atomic E-state index is 0.0328. The third-order valence-electron chi connectivity index (χ3n) is 3.61. The number of carboxylic acids is 1. The van der Waals surface area contributed by atoms with Crippen LogP contribution in [0.1, 0.15) is 32.1 Å². The Morgan fingerprint density at radius 2 is 1.94 bits per heavy atom. The van der Waals surface area contributed by atoms with Crippen molar-refractivity contribution in [2.24, 2.45) is 5.73 Å². The lowest BCUT2D eigenvalue weighted by Gasteiger charge is -2.33. The number of piperidine rings is 1. The molecular weight excluding hydrogens is 236 g/mol. The van der Waals surface area contributed by atoms with Crippen molar-refractivity contribution in [1.29, 1.82) is 0 Å². The van der Waals surface area contributed by atoms with Gasteiger partial charge in [-0.1, -0.05) is 0 Å². The van der Waals surface area contributed by atoms with Crippen molar-refractivity contribution in [3.63, 3.8) is 0 Å². The highest BCUT2D eigenvalue weighted by molar-refractivity contribution is 5.89. The molecule has 1 heterocycles. The Bertz CT molecular complexity index is 333. The van der Waals surface area contributed by atoms with Gasteiger partial charge in [-0.3, -0.25) is 9.59 Å². The van der Waals surface area contributed by atoms with Gasteiger partial charge in [0.05, 0.1) is 24.7 Å². The van der Waals surface area contributed by atoms with Crippen molar-refractivity contribution in [3.05, 3.63) is 0 Å². The van der Waals surface area contributed by atoms with Crippen LogP contribution in [0.4, 0.5) is 0 Å². The zero-order valence-electron chi connectivity index (χ0n) is 10.4. The summed E-state index contributed by atoms with van der Waals surface area (Å²) in [6.45, 7) is 1.57. The Balaban J connectivity index is 1.68. The molecule has 0 radical (unpaired) electrons. The van der Waals surface area contributed by atoms with E-state index in [0.29, 0.717) is 13.1 Å². The van der Waals surface area contributed by atoms with Gasteiger partial charge in [0.15, 0.2) is 0 Å². The van der Waals surface area contributed by atoms with Gasteiger partial charge in [0.2, 0.25) is 5.91 Å². The van der Waals surface area contributed by atoms with E-state index >= 15 is 0 Å². The summed E-state index contributed by atoms with van der Waals surface area (Å²) in [6, 6.07) is 0. The molecule has 0 atom stereocenters. The molecule has 2 rings (SSSR count). The smallest absolute Gasteiger partial charge is 0.305 e. The molecular formula is C12H20N2O4. The van der Waals surface area contributed by atoms with Crippen LogP contribution in [-0.2, 0) is 14.3 Å². The molecule has 1 amide bonds. The van der Waals surface area contributed by atoms with E-state index in [1.165, 1.54) is 0 Å². The standard InChI is InChI=1S/C12H20N2O4/c13-12(4-5-12)11(17)14-6-1-9(2-7-14)18-8-3-10(15)16/h9H,1-8,13H2,(H,15,16). The molecule has 2 fully saturated rings. The fraction of sp³-hybridized carbons (Fsp3) is 0.833. The quantitative estimate of drug-likeness (QED) is 0.720. The Morgan fingerprint density at radius 1 is 1.33 bits per heavy atom. The molecule has 0 spiro atoms. The Kier molecular flexibility index (Phi) is 3.87. The highest BCUT2D eigenvalue weighted by Crippen LogP contribution is 2.34. The predicted octanol–water partition coefficient (Wildman–Crippen LogP) is -0.0400. The first-order valence-corrected chi connectivity index (χ1v) is 6.43. The van der Waals surface area contributed by atoms with Crippen LogP contribution >= 0.6 is 0 Å². The van der Waals surface area contributed by atoms with E-state index in [9.17, 15) is 9.59 Å². The van der Waals surface area contributed by atoms with Gasteiger partial charge in [-0.15, -0.1) is 0 Å². The highest BCUT2D eigenvalue weighted by atomic mass is 16.5. The average molecular weight is 256 g/mol. The van der Waals surface area contributed by atoms with E-state index in [-0.39, 0.29) is 25.0 Å². The van der Waals surface area contributed by atoms with E-state index in [4.69, 9.17) is 15.6 Å². The number of likely N-dealkylation sites (tertiary alicyclic amines) is 1. The van der Waals surface area contributed by atoms with Crippen LogP contribution in [0.3, 0.4) is 0 Å². The average Bonchev–Trinajstić information content (AvgIpc) is 3.08. The molecule has 18 heavy (non-hydrogen) atoms. The van der Waals surface area contributed by atoms with Crippen LogP contribution in [0, 0.1) is 0 Å². The number of carbonyl (C=O) groups excluding carboxylic acids is 1. The Morgan fingerprint density at radius 3 is 2.44 bits per heavy atom. The monoisotopic (exact) mass is 256 g/mol. The van der Waals surface area contributed by atoms with Crippen molar-refractivity contribution in [1.82, 2.24) is 4.90 Å². The second-order valence-electron chi connectivity index (χ2n) is 5.16. The molecule has 102 valence electrons. The molecule has 0 unspecified atom stereocenters. The van der Waals surface area contributed by atoms with Gasteiger partial charge in [-0.25, -0.2) is 0 Å². The van der Waals surface area contributed by atoms with Crippen molar-refractivity contribution in [2.75, 3.05) is 19.7 Å². The first-order chi connectivity index (χ1) is 8.51. The van der Waals surface area contributed by atoms with E-state index in [2.05, 4.69) is 0 Å². The summed E-state index contributed by atoms with van der Waals surface area (Å²) < 4.78 is 5.47. The molecule has 6 heteroatoms. The van der Waals surface area contributed by atoms with Gasteiger partial charge in [0.25, 0.3) is 0 Å². The molecule has 0 aromatic carbocycles. The zero-order chi connectivity index (χ0) is 13.2. The maximum atomic E-state index is 12.0. The highest BCUT2D eigenvalue weighted by Gasteiger charge is 2.48. The van der Waals surface area contributed by atoms with Gasteiger partial charge in [-0.05, 0) is 25.7 Å². The molecule has 0 aromatic heterocycles. The molecule has 2 aliphatic rings. The summed E-state index contributed by atoms with van der Waals surface area (Å²) in [6.07, 6.45) is 3.22. The van der Waals surface area contributed by atoms with Crippen molar-refractivity contribution < 1.29 is 19.4 Å². The van der Waals surface area contributed by atoms with Gasteiger partial charge in [-0.2, -0.15) is 0 Å². The van der Waals surface area contributed by atoms with Crippen LogP contribution in [0.25, 0.3) is 0 Å². The van der Waals surface area contributed by atoms with Crippen LogP contribution in [0.2, 0.25) is 0 Å². The SMILES string of the molecule is NC1(C(=O)N2CCC(OCCC(=O)O)CC2)CC1. The number of hydrogen-bond acceptors (Lipinski definition) is 4. The molecule has 3 N–H and O–H groups in total. The number of nitrogens with two attached hydrogens (primary N) is 1. The largest absolute Gasteiger partial charge is 0.481 e. The predicted molar refractivity (Wildman–Crippen MR) is 64.0 cm³/mol. The molecule has 1 saturated heterocycles. The van der Waals surface area contributed by atoms with E-state index in [0.717, 1.165) is 25.7 Å². The number of carbonyl (C=O) groups is 2. The first kappa shape index (κ1) is 13.3. The summed E-state index contributed by atoms with van der Waals surface area (Å²) >= 11 is 0. The maximum Gasteiger partial charge on any atom is 0.305 e. The molecule has 1 aliphatic heterocycles. The number of amides is 1.